The molecule has 4 aromatic carbocycles. The summed E-state index contributed by atoms with van der Waals surface area (Å²) >= 11 is 0. The Bertz CT molecular complexity index is 3490. The van der Waals surface area contributed by atoms with Gasteiger partial charge in [0, 0.05) is 18.5 Å². The smallest absolute Gasteiger partial charge is 0.326 e. The predicted octanol–water partition coefficient (Wildman–Crippen LogP) is 3.27. The molecule has 14 N–H and O–H groups in total. The van der Waals surface area contributed by atoms with Crippen molar-refractivity contribution in [3.8, 4) is 5.75 Å². The Balaban J connectivity index is 1.52. The lowest BCUT2D eigenvalue weighted by atomic mass is 9.77. The largest absolute Gasteiger partial charge is 0.487 e. The van der Waals surface area contributed by atoms with Gasteiger partial charge in [-0.15, -0.1) is 0 Å². The molecule has 0 fully saturated rings. The maximum atomic E-state index is 15.2. The number of rotatable bonds is 32. The van der Waals surface area contributed by atoms with Crippen LogP contribution >= 0.6 is 0 Å². The van der Waals surface area contributed by atoms with Crippen molar-refractivity contribution in [3.05, 3.63) is 130 Å². The van der Waals surface area contributed by atoms with Crippen LogP contribution in [-0.4, -0.2) is 144 Å². The van der Waals surface area contributed by atoms with E-state index in [0.717, 1.165) is 0 Å². The molecule has 4 aromatic rings. The Morgan fingerprint density at radius 2 is 1.18 bits per heavy atom. The van der Waals surface area contributed by atoms with E-state index in [4.69, 9.17) is 20.6 Å². The molecule has 28 heteroatoms. The van der Waals surface area contributed by atoms with Crippen LogP contribution in [0.2, 0.25) is 0 Å². The highest BCUT2D eigenvalue weighted by molar-refractivity contribution is 7.90. The first-order chi connectivity index (χ1) is 44.4. The maximum Gasteiger partial charge on any atom is 0.326 e. The second kappa shape index (κ2) is 33.1. The minimum atomic E-state index is -4.40. The fraction of sp³-hybridized carbons (Fsp3) is 0.478. The summed E-state index contributed by atoms with van der Waals surface area (Å²) in [5, 5.41) is 48.1. The van der Waals surface area contributed by atoms with E-state index >= 15 is 9.59 Å². The zero-order chi connectivity index (χ0) is 70.9. The molecule has 516 valence electrons. The third-order valence-electron chi connectivity index (χ3n) is 16.0. The van der Waals surface area contributed by atoms with E-state index in [1.54, 1.807) is 160 Å². The van der Waals surface area contributed by atoms with Crippen LogP contribution in [0.4, 0.5) is 0 Å². The van der Waals surface area contributed by atoms with Gasteiger partial charge in [-0.05, 0) is 113 Å². The topological polar surface area (TPSA) is 422 Å². The zero-order valence-corrected chi connectivity index (χ0v) is 56.6. The molecule has 0 saturated carbocycles. The van der Waals surface area contributed by atoms with Crippen molar-refractivity contribution in [1.29, 1.82) is 5.41 Å². The average Bonchev–Trinajstić information content (AvgIpc) is 1.74. The van der Waals surface area contributed by atoms with Crippen molar-refractivity contribution in [1.82, 2.24) is 47.3 Å². The van der Waals surface area contributed by atoms with Gasteiger partial charge in [-0.1, -0.05) is 125 Å². The number of carbonyl (C=O) groups is 10. The van der Waals surface area contributed by atoms with E-state index in [1.807, 2.05) is 19.2 Å². The van der Waals surface area contributed by atoms with Crippen molar-refractivity contribution in [2.45, 2.75) is 186 Å². The number of nitrogens with two attached hydrogens (primary N) is 1. The summed E-state index contributed by atoms with van der Waals surface area (Å²) in [6, 6.07) is 17.0. The molecule has 7 atom stereocenters. The molecule has 0 unspecified atom stereocenters. The molecule has 0 spiro atoms. The Morgan fingerprint density at radius 1 is 0.653 bits per heavy atom. The van der Waals surface area contributed by atoms with Gasteiger partial charge in [-0.3, -0.25) is 48.6 Å². The lowest BCUT2D eigenvalue weighted by Crippen LogP contribution is -2.61. The van der Waals surface area contributed by atoms with Crippen molar-refractivity contribution >= 4 is 75.2 Å². The molecule has 5 rings (SSSR count). The number of sulfonamides is 1. The van der Waals surface area contributed by atoms with Crippen molar-refractivity contribution in [3.63, 3.8) is 0 Å². The number of guanidine groups is 1. The Morgan fingerprint density at radius 3 is 1.68 bits per heavy atom. The van der Waals surface area contributed by atoms with E-state index in [0.29, 0.717) is 51.1 Å². The van der Waals surface area contributed by atoms with E-state index in [2.05, 4.69) is 41.9 Å². The summed E-state index contributed by atoms with van der Waals surface area (Å²) < 4.78 is 41.8. The van der Waals surface area contributed by atoms with Gasteiger partial charge in [0.2, 0.25) is 47.3 Å². The second-order valence-corrected chi connectivity index (χ2v) is 27.2. The molecule has 1 aliphatic rings. The summed E-state index contributed by atoms with van der Waals surface area (Å²) in [5.41, 5.74) is 7.12. The molecule has 1 aliphatic heterocycles. The van der Waals surface area contributed by atoms with Gasteiger partial charge < -0.3 is 68.0 Å². The molecule has 27 nitrogen and oxygen atoms in total. The van der Waals surface area contributed by atoms with Gasteiger partial charge in [0.15, 0.2) is 0 Å². The number of aliphatic carboxylic acids is 2. The first-order valence-corrected chi connectivity index (χ1v) is 32.7. The third kappa shape index (κ3) is 21.0. The monoisotopic (exact) mass is 1340 g/mol. The molecule has 0 aromatic heterocycles. The highest BCUT2D eigenvalue weighted by Gasteiger charge is 2.42. The molecule has 0 bridgehead atoms. The van der Waals surface area contributed by atoms with Crippen LogP contribution in [0.1, 0.15) is 140 Å². The second-order valence-electron chi connectivity index (χ2n) is 25.6. The number of benzene rings is 4. The van der Waals surface area contributed by atoms with Crippen LogP contribution in [0.5, 0.6) is 5.75 Å². The van der Waals surface area contributed by atoms with E-state index < -0.39 is 166 Å². The van der Waals surface area contributed by atoms with Gasteiger partial charge in [-0.2, -0.15) is 0 Å². The number of amides is 7. The Hall–Kier alpha value is -9.44. The number of ether oxygens (including phenoxy) is 2. The quantitative estimate of drug-likeness (QED) is 0.0110. The van der Waals surface area contributed by atoms with Gasteiger partial charge >= 0.3 is 17.9 Å². The highest BCUT2D eigenvalue weighted by Crippen LogP contribution is 2.44. The van der Waals surface area contributed by atoms with Gasteiger partial charge in [-0.25, -0.2) is 17.9 Å². The SMILES string of the molecule is CC[C@H](C)[C@H](NC(=O)[C@@H](NC(=O)[C@@H](N)CC(=O)OC(C)(C)C)C(C)C)C(=O)N[C@@H](CC(=O)NC(c1ccccc1)(c1ccccc1)c1ccccc1)C(=O)N[C@@H](CCCNC(=N)NS(=O)(=O)c1c(C)c(C)c2c(c1C)CC(C)(C)O2)C(=O)NCC(=O)N[C@@H](CC(=O)O)C(=O)O. The number of esters is 1. The molecule has 0 saturated heterocycles. The third-order valence-corrected chi connectivity index (χ3v) is 17.6. The summed E-state index contributed by atoms with van der Waals surface area (Å²) in [6.45, 7) is 19.1. The molecular formula is C67H91N11O16S. The standard InChI is InChI=1S/C67H91N11O16S/c1-13-38(4)55(76-61(87)54(37(2)3)75-58(84)46(68)32-53(83)93-65(8,9)10)62(88)74-48(33-50(79)77-67(42-24-17-14-18-25-42,43-26-19-15-20-27-43)44-28-21-16-22-29-44)60(86)73-47(59(85)71-36-51(80)72-49(63(89)90)34-52(81)82)30-23-31-70-64(69)78-95(91,92)57-40(6)39(5)56-45(41(57)7)35-66(11,12)94-56/h14-22,24-29,37-38,46-49,54-55H,13,23,30-36,68H2,1-12H3,(H,71,85)(H,72,80)(H,73,86)(H,74,88)(H,75,84)(H,76,87)(H,77,79)(H,81,82)(H,89,90)(H3,69,70,78)/t38-,46-,47-,48-,49-,54-,55-/m0/s1. The van der Waals surface area contributed by atoms with Crippen LogP contribution < -0.4 is 57.7 Å². The molecule has 0 radical (unpaired) electrons. The summed E-state index contributed by atoms with van der Waals surface area (Å²) in [5.74, 6) is -12.3. The summed E-state index contributed by atoms with van der Waals surface area (Å²) in [4.78, 5) is 136. The number of nitrogens with one attached hydrogen (secondary N) is 10. The first kappa shape index (κ1) is 76.3. The number of carboxylic acids is 2. The lowest BCUT2D eigenvalue weighted by molar-refractivity contribution is -0.156. The average molecular weight is 1340 g/mol. The number of hydrogen-bond donors (Lipinski definition) is 13. The molecule has 95 heavy (non-hydrogen) atoms. The number of fused-ring (bicyclic) bond motifs is 1. The Labute approximate surface area is 553 Å². The van der Waals surface area contributed by atoms with Crippen LogP contribution in [0.3, 0.4) is 0 Å². The first-order valence-electron chi connectivity index (χ1n) is 31.3. The van der Waals surface area contributed by atoms with Crippen molar-refractivity contribution in [2.75, 3.05) is 13.1 Å². The van der Waals surface area contributed by atoms with Crippen molar-refractivity contribution in [2.24, 2.45) is 17.6 Å². The summed E-state index contributed by atoms with van der Waals surface area (Å²) in [6.07, 6.45) is -2.20. The minimum Gasteiger partial charge on any atom is -0.487 e. The van der Waals surface area contributed by atoms with Gasteiger partial charge in [0.25, 0.3) is 10.0 Å². The van der Waals surface area contributed by atoms with E-state index in [1.165, 1.54) is 0 Å². The molecular weight excluding hydrogens is 1250 g/mol. The minimum absolute atomic E-state index is 0.0380. The van der Waals surface area contributed by atoms with E-state index in [-0.39, 0.29) is 30.7 Å². The highest BCUT2D eigenvalue weighted by atomic mass is 32.2. The van der Waals surface area contributed by atoms with E-state index in [9.17, 15) is 57.0 Å². The van der Waals surface area contributed by atoms with Crippen molar-refractivity contribution < 1.29 is 76.0 Å². The summed E-state index contributed by atoms with van der Waals surface area (Å²) in [7, 11) is -4.40. The van der Waals surface area contributed by atoms with Gasteiger partial charge in [0.1, 0.15) is 52.7 Å². The molecule has 1 heterocycles. The van der Waals surface area contributed by atoms with Crippen LogP contribution in [0.25, 0.3) is 0 Å². The number of carbonyl (C=O) groups excluding carboxylic acids is 8. The molecule has 7 amide bonds. The normalized spacial score (nSPS) is 14.8. The number of hydrogen-bond acceptors (Lipinski definition) is 16. The van der Waals surface area contributed by atoms with Crippen LogP contribution in [-0.2, 0) is 74.7 Å². The Kier molecular flexibility index (Phi) is 26.6. The van der Waals surface area contributed by atoms with Crippen LogP contribution in [0, 0.1) is 38.0 Å². The fourth-order valence-electron chi connectivity index (χ4n) is 10.9. The zero-order valence-electron chi connectivity index (χ0n) is 55.7. The van der Waals surface area contributed by atoms with Gasteiger partial charge in [0.05, 0.1) is 36.7 Å². The molecule has 0 aliphatic carbocycles. The van der Waals surface area contributed by atoms with Crippen LogP contribution in [0.15, 0.2) is 95.9 Å². The lowest BCUT2D eigenvalue weighted by Gasteiger charge is -2.37. The fourth-order valence-corrected chi connectivity index (χ4v) is 12.5. The maximum absolute atomic E-state index is 15.2. The number of carboxylic acid groups (broad SMARTS) is 2. The predicted molar refractivity (Wildman–Crippen MR) is 352 cm³/mol.